The van der Waals surface area contributed by atoms with Crippen molar-refractivity contribution in [1.82, 2.24) is 5.32 Å². The van der Waals surface area contributed by atoms with Crippen LogP contribution in [-0.4, -0.2) is 41.5 Å². The molecule has 0 saturated heterocycles. The van der Waals surface area contributed by atoms with Gasteiger partial charge < -0.3 is 20.5 Å². The van der Waals surface area contributed by atoms with Gasteiger partial charge in [-0.05, 0) is 41.6 Å². The van der Waals surface area contributed by atoms with Crippen LogP contribution in [0.15, 0.2) is 36.4 Å². The number of rotatable bonds is 7. The molecule has 0 heterocycles. The van der Waals surface area contributed by atoms with Crippen LogP contribution in [-0.2, 0) is 14.3 Å². The maximum atomic E-state index is 14.1. The van der Waals surface area contributed by atoms with Crippen molar-refractivity contribution in [2.75, 3.05) is 7.11 Å². The highest BCUT2D eigenvalue weighted by atomic mass is 32.2. The number of thioether (sulfide) groups is 1. The smallest absolute Gasteiger partial charge is 0.373 e. The fourth-order valence-electron chi connectivity index (χ4n) is 2.75. The summed E-state index contributed by atoms with van der Waals surface area (Å²) in [5.74, 6) is -3.98. The van der Waals surface area contributed by atoms with E-state index in [0.29, 0.717) is 17.8 Å². The van der Waals surface area contributed by atoms with Crippen LogP contribution in [0.3, 0.4) is 0 Å². The molecule has 0 aromatic heterocycles. The third-order valence-electron chi connectivity index (χ3n) is 4.24. The van der Waals surface area contributed by atoms with E-state index in [-0.39, 0.29) is 22.4 Å². The minimum atomic E-state index is -1.13. The lowest BCUT2D eigenvalue weighted by molar-refractivity contribution is -0.126. The van der Waals surface area contributed by atoms with Gasteiger partial charge >= 0.3 is 11.3 Å². The van der Waals surface area contributed by atoms with Crippen LogP contribution in [0.2, 0.25) is 0 Å². The van der Waals surface area contributed by atoms with E-state index in [9.17, 15) is 28.0 Å². The van der Waals surface area contributed by atoms with Gasteiger partial charge in [0, 0.05) is 23.8 Å². The number of halogens is 2. The topological polar surface area (TPSA) is 125 Å². The lowest BCUT2D eigenvalue weighted by Gasteiger charge is -2.20. The molecule has 2 unspecified atom stereocenters. The van der Waals surface area contributed by atoms with E-state index in [4.69, 9.17) is 15.2 Å². The van der Waals surface area contributed by atoms with Crippen LogP contribution in [0, 0.1) is 11.6 Å². The lowest BCUT2D eigenvalue weighted by Crippen LogP contribution is -2.49. The number of esters is 1. The zero-order chi connectivity index (χ0) is 24.0. The minimum Gasteiger partial charge on any atom is -0.465 e. The van der Waals surface area contributed by atoms with Crippen molar-refractivity contribution >= 4 is 34.8 Å². The van der Waals surface area contributed by atoms with E-state index < -0.39 is 46.0 Å². The second-order valence-electron chi connectivity index (χ2n) is 6.58. The molecule has 0 spiro atoms. The molecule has 11 heteroatoms. The van der Waals surface area contributed by atoms with Gasteiger partial charge in [0.15, 0.2) is 0 Å². The molecule has 2 rings (SSSR count). The number of carbonyl (C=O) groups excluding carboxylic acids is 4. The first-order chi connectivity index (χ1) is 15.0. The average Bonchev–Trinajstić information content (AvgIpc) is 2.71. The Morgan fingerprint density at radius 2 is 1.78 bits per heavy atom. The van der Waals surface area contributed by atoms with Crippen molar-refractivity contribution in [2.45, 2.75) is 25.1 Å². The van der Waals surface area contributed by atoms with E-state index in [1.807, 2.05) is 0 Å². The summed E-state index contributed by atoms with van der Waals surface area (Å²) in [6.45, 7) is 2.68. The average molecular weight is 466 g/mol. The first-order valence-electron chi connectivity index (χ1n) is 9.16. The summed E-state index contributed by atoms with van der Waals surface area (Å²) in [5.41, 5.74) is 5.33. The highest BCUT2D eigenvalue weighted by Gasteiger charge is 2.28. The maximum Gasteiger partial charge on any atom is 0.373 e. The number of primary amides is 1. The predicted molar refractivity (Wildman–Crippen MR) is 113 cm³/mol. The number of benzene rings is 2. The molecule has 32 heavy (non-hydrogen) atoms. The van der Waals surface area contributed by atoms with Crippen molar-refractivity contribution in [3.63, 3.8) is 0 Å². The highest BCUT2D eigenvalue weighted by molar-refractivity contribution is 8.13. The lowest BCUT2D eigenvalue weighted by atomic mass is 10.0. The van der Waals surface area contributed by atoms with Crippen molar-refractivity contribution in [1.29, 1.82) is 0 Å². The van der Waals surface area contributed by atoms with Gasteiger partial charge in [-0.3, -0.25) is 9.59 Å². The first kappa shape index (κ1) is 24.8. The summed E-state index contributed by atoms with van der Waals surface area (Å²) in [4.78, 5) is 47.4. The van der Waals surface area contributed by atoms with Crippen molar-refractivity contribution in [2.24, 2.45) is 5.73 Å². The number of amides is 2. The molecule has 0 radical (unpaired) electrons. The van der Waals surface area contributed by atoms with Gasteiger partial charge in [0.05, 0.1) is 7.11 Å². The summed E-state index contributed by atoms with van der Waals surface area (Å²) in [6, 6.07) is 5.71. The van der Waals surface area contributed by atoms with Gasteiger partial charge in [0.2, 0.25) is 11.8 Å². The second kappa shape index (κ2) is 10.7. The number of nitrogens with one attached hydrogen (secondary N) is 1. The number of methoxy groups -OCH3 is 1. The van der Waals surface area contributed by atoms with Gasteiger partial charge in [0.25, 0.3) is 0 Å². The monoisotopic (exact) mass is 466 g/mol. The van der Waals surface area contributed by atoms with E-state index >= 15 is 0 Å². The van der Waals surface area contributed by atoms with Gasteiger partial charge in [-0.15, -0.1) is 0 Å². The molecule has 0 bridgehead atoms. The number of nitrogens with two attached hydrogens (primary N) is 1. The van der Waals surface area contributed by atoms with Crippen LogP contribution in [0.25, 0.3) is 11.1 Å². The van der Waals surface area contributed by atoms with Gasteiger partial charge in [-0.25, -0.2) is 18.4 Å². The molecule has 0 fully saturated rings. The molecular weight excluding hydrogens is 446 g/mol. The molecule has 2 aromatic rings. The quantitative estimate of drug-likeness (QED) is 0.601. The van der Waals surface area contributed by atoms with Crippen LogP contribution >= 0.6 is 11.8 Å². The number of carbonyl (C=O) groups is 4. The Hall–Kier alpha value is -3.47. The fourth-order valence-corrected chi connectivity index (χ4v) is 3.53. The zero-order valence-corrected chi connectivity index (χ0v) is 18.1. The minimum absolute atomic E-state index is 0.0250. The molecule has 0 aliphatic heterocycles. The Morgan fingerprint density at radius 3 is 2.34 bits per heavy atom. The van der Waals surface area contributed by atoms with E-state index in [0.717, 1.165) is 13.2 Å². The third kappa shape index (κ3) is 6.27. The fraction of sp³-hybridized carbons (Fsp3) is 0.238. The summed E-state index contributed by atoms with van der Waals surface area (Å²) in [7, 11) is 1.11. The van der Waals surface area contributed by atoms with Crippen molar-refractivity contribution < 1.29 is 37.4 Å². The number of hydrogen-bond donors (Lipinski definition) is 2. The summed E-state index contributed by atoms with van der Waals surface area (Å²) in [6.07, 6.45) is 0. The van der Waals surface area contributed by atoms with Crippen molar-refractivity contribution in [3.8, 4) is 16.9 Å². The van der Waals surface area contributed by atoms with Crippen LogP contribution in [0.1, 0.15) is 24.2 Å². The van der Waals surface area contributed by atoms with Crippen LogP contribution in [0.5, 0.6) is 5.75 Å². The van der Waals surface area contributed by atoms with E-state index in [1.165, 1.54) is 38.1 Å². The van der Waals surface area contributed by atoms with E-state index in [1.54, 1.807) is 0 Å². The molecule has 0 aliphatic rings. The maximum absolute atomic E-state index is 14.1. The molecule has 2 aromatic carbocycles. The summed E-state index contributed by atoms with van der Waals surface area (Å²) < 4.78 is 37.2. The van der Waals surface area contributed by atoms with Crippen LogP contribution < -0.4 is 15.8 Å². The molecule has 3 N–H and O–H groups in total. The second-order valence-corrected chi connectivity index (χ2v) is 7.89. The standard InChI is InChI=1S/C21H20F2N2O6S/c1-10(18(19(24)27)25-11(2)26)32-21(29)31-17-7-4-12(8-15(17)20(28)30-3)14-6-5-13(22)9-16(14)23/h4-10,18H,1-3H3,(H2,24,27)(H,25,26). The first-order valence-corrected chi connectivity index (χ1v) is 10.0. The SMILES string of the molecule is COC(=O)c1cc(-c2ccc(F)cc2F)ccc1OC(=O)SC(C)C(NC(C)=O)C(N)=O. The van der Waals surface area contributed by atoms with Gasteiger partial charge in [0.1, 0.15) is 29.0 Å². The summed E-state index contributed by atoms with van der Waals surface area (Å²) >= 11 is 0.575. The molecule has 2 atom stereocenters. The molecular formula is C21H20F2N2O6S. The van der Waals surface area contributed by atoms with Gasteiger partial charge in [-0.1, -0.05) is 13.0 Å². The highest BCUT2D eigenvalue weighted by Crippen LogP contribution is 2.31. The Morgan fingerprint density at radius 1 is 1.09 bits per heavy atom. The normalized spacial score (nSPS) is 12.4. The Balaban J connectivity index is 2.28. The Bertz CT molecular complexity index is 1060. The third-order valence-corrected chi connectivity index (χ3v) is 5.16. The molecule has 0 aliphatic carbocycles. The Labute approximate surface area is 186 Å². The van der Waals surface area contributed by atoms with Gasteiger partial charge in [-0.2, -0.15) is 0 Å². The molecule has 170 valence electrons. The van der Waals surface area contributed by atoms with E-state index in [2.05, 4.69) is 5.32 Å². The van der Waals surface area contributed by atoms with Crippen LogP contribution in [0.4, 0.5) is 13.6 Å². The molecule has 8 nitrogen and oxygen atoms in total. The largest absolute Gasteiger partial charge is 0.465 e. The zero-order valence-electron chi connectivity index (χ0n) is 17.3. The number of ether oxygens (including phenoxy) is 2. The van der Waals surface area contributed by atoms with Crippen molar-refractivity contribution in [3.05, 3.63) is 53.6 Å². The molecule has 0 saturated carbocycles. The number of hydrogen-bond acceptors (Lipinski definition) is 7. The Kier molecular flexibility index (Phi) is 8.30. The predicted octanol–water partition coefficient (Wildman–Crippen LogP) is 3.03. The summed E-state index contributed by atoms with van der Waals surface area (Å²) in [5, 5.41) is 0.675. The molecule has 2 amide bonds.